The monoisotopic (exact) mass is 158 g/mol. The predicted molar refractivity (Wildman–Crippen MR) is 33.7 cm³/mol. The SMILES string of the molecule is CCCOP([O-])CC.[Na+]. The molecule has 0 saturated carbocycles. The zero-order valence-electron chi connectivity index (χ0n) is 6.39. The Labute approximate surface area is 80.2 Å². The maximum absolute atomic E-state index is 10.5. The average molecular weight is 158 g/mol. The molecule has 0 aliphatic rings. The molecule has 0 fully saturated rings. The van der Waals surface area contributed by atoms with Gasteiger partial charge in [0, 0.05) is 6.61 Å². The Hall–Kier alpha value is 1.35. The first-order valence-electron chi connectivity index (χ1n) is 2.88. The molecule has 0 aliphatic carbocycles. The van der Waals surface area contributed by atoms with Crippen molar-refractivity contribution in [2.75, 3.05) is 12.8 Å². The van der Waals surface area contributed by atoms with Gasteiger partial charge in [-0.3, -0.25) is 0 Å². The minimum atomic E-state index is -1.33. The van der Waals surface area contributed by atoms with Gasteiger partial charge in [0.05, 0.1) is 0 Å². The van der Waals surface area contributed by atoms with Crippen LogP contribution >= 0.6 is 8.38 Å². The molecule has 4 heteroatoms. The fraction of sp³-hybridized carbons (Fsp3) is 1.00. The van der Waals surface area contributed by atoms with Gasteiger partial charge in [-0.25, -0.2) is 0 Å². The van der Waals surface area contributed by atoms with E-state index in [-0.39, 0.29) is 29.6 Å². The third-order valence-electron chi connectivity index (χ3n) is 0.698. The van der Waals surface area contributed by atoms with Crippen molar-refractivity contribution in [3.05, 3.63) is 0 Å². The molecule has 50 valence electrons. The van der Waals surface area contributed by atoms with Crippen LogP contribution < -0.4 is 34.5 Å². The van der Waals surface area contributed by atoms with Crippen LogP contribution in [0.4, 0.5) is 0 Å². The van der Waals surface area contributed by atoms with Crippen LogP contribution in [0.2, 0.25) is 0 Å². The van der Waals surface area contributed by atoms with E-state index in [2.05, 4.69) is 0 Å². The molecule has 9 heavy (non-hydrogen) atoms. The summed E-state index contributed by atoms with van der Waals surface area (Å²) in [4.78, 5) is 10.5. The summed E-state index contributed by atoms with van der Waals surface area (Å²) in [7, 11) is -1.33. The van der Waals surface area contributed by atoms with E-state index in [4.69, 9.17) is 4.52 Å². The Morgan fingerprint density at radius 2 is 2.00 bits per heavy atom. The van der Waals surface area contributed by atoms with Gasteiger partial charge >= 0.3 is 29.6 Å². The molecule has 0 aromatic carbocycles. The smallest absolute Gasteiger partial charge is 0.808 e. The van der Waals surface area contributed by atoms with Crippen LogP contribution in [0, 0.1) is 0 Å². The van der Waals surface area contributed by atoms with Crippen LogP contribution in [0.3, 0.4) is 0 Å². The first kappa shape index (κ1) is 13.0. The first-order valence-corrected chi connectivity index (χ1v) is 4.25. The Kier molecular flexibility index (Phi) is 13.5. The largest absolute Gasteiger partial charge is 1.00 e. The van der Waals surface area contributed by atoms with Gasteiger partial charge in [0.2, 0.25) is 0 Å². The molecule has 1 atom stereocenters. The second-order valence-electron chi connectivity index (χ2n) is 1.48. The Morgan fingerprint density at radius 1 is 1.44 bits per heavy atom. The molecule has 2 nitrogen and oxygen atoms in total. The molecule has 0 spiro atoms. The minimum absolute atomic E-state index is 0. The first-order chi connectivity index (χ1) is 3.81. The summed E-state index contributed by atoms with van der Waals surface area (Å²) in [6.07, 6.45) is 1.58. The molecule has 0 aromatic heterocycles. The summed E-state index contributed by atoms with van der Waals surface area (Å²) in [5, 5.41) is 0. The molecule has 0 rings (SSSR count). The van der Waals surface area contributed by atoms with Crippen molar-refractivity contribution in [3.8, 4) is 0 Å². The number of hydrogen-bond donors (Lipinski definition) is 0. The standard InChI is InChI=1S/C5H12O2P.Na/c1-3-5-7-8(6)4-2;/h3-5H2,1-2H3;/q-1;+1. The van der Waals surface area contributed by atoms with E-state index in [1.165, 1.54) is 0 Å². The average Bonchev–Trinajstić information content (AvgIpc) is 1.83. The Balaban J connectivity index is 0. The second kappa shape index (κ2) is 9.35. The van der Waals surface area contributed by atoms with Crippen LogP contribution in [0.15, 0.2) is 0 Å². The van der Waals surface area contributed by atoms with Crippen molar-refractivity contribution in [2.45, 2.75) is 20.3 Å². The summed E-state index contributed by atoms with van der Waals surface area (Å²) in [6, 6.07) is 0. The third-order valence-corrected chi connectivity index (χ3v) is 1.68. The van der Waals surface area contributed by atoms with Crippen molar-refractivity contribution in [2.24, 2.45) is 0 Å². The van der Waals surface area contributed by atoms with Gasteiger partial charge in [-0.15, -0.1) is 0 Å². The van der Waals surface area contributed by atoms with E-state index in [1.807, 2.05) is 13.8 Å². The normalized spacial score (nSPS) is 12.3. The van der Waals surface area contributed by atoms with Crippen LogP contribution in [-0.2, 0) is 4.52 Å². The third kappa shape index (κ3) is 9.35. The fourth-order valence-electron chi connectivity index (χ4n) is 0.284. The van der Waals surface area contributed by atoms with Gasteiger partial charge in [-0.1, -0.05) is 22.2 Å². The molecular formula is C5H12NaO2P. The molecule has 0 N–H and O–H groups in total. The summed E-state index contributed by atoms with van der Waals surface area (Å²) < 4.78 is 4.85. The topological polar surface area (TPSA) is 32.3 Å². The molecule has 0 aliphatic heterocycles. The van der Waals surface area contributed by atoms with Gasteiger partial charge in [-0.05, 0) is 12.6 Å². The van der Waals surface area contributed by atoms with Gasteiger partial charge in [0.15, 0.2) is 0 Å². The maximum atomic E-state index is 10.5. The van der Waals surface area contributed by atoms with Crippen molar-refractivity contribution >= 4 is 8.38 Å². The molecule has 0 saturated heterocycles. The van der Waals surface area contributed by atoms with E-state index in [9.17, 15) is 4.89 Å². The van der Waals surface area contributed by atoms with E-state index in [0.717, 1.165) is 6.42 Å². The summed E-state index contributed by atoms with van der Waals surface area (Å²) in [6.45, 7) is 4.48. The van der Waals surface area contributed by atoms with Crippen LogP contribution in [0.1, 0.15) is 20.3 Å². The minimum Gasteiger partial charge on any atom is -0.808 e. The molecule has 0 amide bonds. The fourth-order valence-corrected chi connectivity index (χ4v) is 0.853. The van der Waals surface area contributed by atoms with Crippen molar-refractivity contribution in [1.82, 2.24) is 0 Å². The quantitative estimate of drug-likeness (QED) is 0.354. The van der Waals surface area contributed by atoms with Crippen LogP contribution in [-0.4, -0.2) is 12.8 Å². The van der Waals surface area contributed by atoms with E-state index < -0.39 is 8.38 Å². The van der Waals surface area contributed by atoms with Crippen molar-refractivity contribution < 1.29 is 39.0 Å². The molecular weight excluding hydrogens is 146 g/mol. The molecule has 0 bridgehead atoms. The molecule has 0 heterocycles. The van der Waals surface area contributed by atoms with E-state index in [0.29, 0.717) is 12.8 Å². The van der Waals surface area contributed by atoms with Gasteiger partial charge in [0.1, 0.15) is 0 Å². The molecule has 1 unspecified atom stereocenters. The van der Waals surface area contributed by atoms with Crippen molar-refractivity contribution in [3.63, 3.8) is 0 Å². The van der Waals surface area contributed by atoms with Gasteiger partial charge in [0.25, 0.3) is 0 Å². The van der Waals surface area contributed by atoms with E-state index in [1.54, 1.807) is 0 Å². The maximum Gasteiger partial charge on any atom is 1.00 e. The van der Waals surface area contributed by atoms with Gasteiger partial charge < -0.3 is 9.42 Å². The van der Waals surface area contributed by atoms with E-state index >= 15 is 0 Å². The number of hydrogen-bond acceptors (Lipinski definition) is 2. The number of rotatable bonds is 4. The van der Waals surface area contributed by atoms with Crippen LogP contribution in [0.25, 0.3) is 0 Å². The summed E-state index contributed by atoms with van der Waals surface area (Å²) in [5.41, 5.74) is 0. The second-order valence-corrected chi connectivity index (χ2v) is 3.04. The Bertz CT molecular complexity index is 54.2. The Morgan fingerprint density at radius 3 is 2.33 bits per heavy atom. The zero-order valence-corrected chi connectivity index (χ0v) is 9.28. The molecule has 0 aromatic rings. The molecule has 0 radical (unpaired) electrons. The predicted octanol–water partition coefficient (Wildman–Crippen LogP) is -1.89. The van der Waals surface area contributed by atoms with Crippen molar-refractivity contribution in [1.29, 1.82) is 0 Å². The summed E-state index contributed by atoms with van der Waals surface area (Å²) in [5.74, 6) is 0. The van der Waals surface area contributed by atoms with Gasteiger partial charge in [-0.2, -0.15) is 0 Å². The summed E-state index contributed by atoms with van der Waals surface area (Å²) >= 11 is 0. The van der Waals surface area contributed by atoms with Crippen LogP contribution in [0.5, 0.6) is 0 Å². The zero-order chi connectivity index (χ0) is 6.41.